The van der Waals surface area contributed by atoms with Crippen molar-refractivity contribution in [3.05, 3.63) is 52.1 Å². The second kappa shape index (κ2) is 5.47. The number of hydrogen-bond donors (Lipinski definition) is 1. The van der Waals surface area contributed by atoms with Crippen LogP contribution in [0.2, 0.25) is 0 Å². The number of nitro groups is 1. The van der Waals surface area contributed by atoms with Crippen LogP contribution in [0.5, 0.6) is 0 Å². The molecule has 2 rings (SSSR count). The van der Waals surface area contributed by atoms with Crippen LogP contribution >= 0.6 is 0 Å². The fourth-order valence-electron chi connectivity index (χ4n) is 1.77. The second-order valence-corrected chi connectivity index (χ2v) is 4.05. The van der Waals surface area contributed by atoms with Crippen molar-refractivity contribution in [1.82, 2.24) is 9.55 Å². The van der Waals surface area contributed by atoms with E-state index in [1.54, 1.807) is 25.2 Å². The van der Waals surface area contributed by atoms with Crippen LogP contribution in [0.1, 0.15) is 5.56 Å². The number of nitrogens with one attached hydrogen (secondary N) is 1. The lowest BCUT2D eigenvalue weighted by atomic mass is 10.1. The Hall–Kier alpha value is -2.44. The van der Waals surface area contributed by atoms with Crippen LogP contribution in [-0.2, 0) is 13.5 Å². The molecule has 1 heterocycles. The van der Waals surface area contributed by atoms with Gasteiger partial charge in [0.05, 0.1) is 0 Å². The molecule has 0 saturated carbocycles. The summed E-state index contributed by atoms with van der Waals surface area (Å²) < 4.78 is 14.9. The molecule has 0 atom stereocenters. The molecule has 0 saturated heterocycles. The van der Waals surface area contributed by atoms with E-state index >= 15 is 0 Å². The molecule has 0 amide bonds. The van der Waals surface area contributed by atoms with Crippen LogP contribution in [0.25, 0.3) is 0 Å². The maximum absolute atomic E-state index is 13.4. The summed E-state index contributed by atoms with van der Waals surface area (Å²) in [6.45, 7) is 0.390. The minimum atomic E-state index is -0.550. The number of anilines is 1. The van der Waals surface area contributed by atoms with Gasteiger partial charge in [-0.1, -0.05) is 18.2 Å². The molecule has 0 spiro atoms. The molecule has 1 aromatic heterocycles. The van der Waals surface area contributed by atoms with E-state index in [2.05, 4.69) is 10.3 Å². The molecule has 0 aliphatic heterocycles. The van der Waals surface area contributed by atoms with E-state index in [9.17, 15) is 14.5 Å². The number of hydrogen-bond acceptors (Lipinski definition) is 4. The Morgan fingerprint density at radius 1 is 1.47 bits per heavy atom. The Bertz CT molecular complexity index is 597. The SMILES string of the molecule is Cn1cnc([N+](=O)[O-])c1NCCc1ccccc1F. The fraction of sp³-hybridized carbons (Fsp3) is 0.250. The van der Waals surface area contributed by atoms with Gasteiger partial charge in [-0.15, -0.1) is 0 Å². The number of aryl methyl sites for hydroxylation is 1. The van der Waals surface area contributed by atoms with Crippen molar-refractivity contribution in [3.63, 3.8) is 0 Å². The van der Waals surface area contributed by atoms with E-state index in [4.69, 9.17) is 0 Å². The van der Waals surface area contributed by atoms with Gasteiger partial charge < -0.3 is 15.4 Å². The third-order valence-corrected chi connectivity index (χ3v) is 2.74. The summed E-state index contributed by atoms with van der Waals surface area (Å²) in [5, 5.41) is 13.7. The Balaban J connectivity index is 2.02. The molecule has 0 aliphatic carbocycles. The van der Waals surface area contributed by atoms with Crippen molar-refractivity contribution >= 4 is 11.6 Å². The van der Waals surface area contributed by atoms with Crippen molar-refractivity contribution in [2.75, 3.05) is 11.9 Å². The molecule has 6 nitrogen and oxygen atoms in total. The Kier molecular flexibility index (Phi) is 3.74. The average molecular weight is 264 g/mol. The minimum absolute atomic E-state index is 0.226. The molecule has 7 heteroatoms. The van der Waals surface area contributed by atoms with Gasteiger partial charge in [0, 0.05) is 13.6 Å². The Labute approximate surface area is 109 Å². The maximum atomic E-state index is 13.4. The van der Waals surface area contributed by atoms with Gasteiger partial charge in [-0.3, -0.25) is 4.57 Å². The van der Waals surface area contributed by atoms with E-state index in [1.807, 2.05) is 0 Å². The highest BCUT2D eigenvalue weighted by Gasteiger charge is 2.19. The summed E-state index contributed by atoms with van der Waals surface area (Å²) in [5.41, 5.74) is 0.569. The van der Waals surface area contributed by atoms with Crippen LogP contribution in [0.4, 0.5) is 16.0 Å². The highest BCUT2D eigenvalue weighted by atomic mass is 19.1. The highest BCUT2D eigenvalue weighted by molar-refractivity contribution is 5.52. The van der Waals surface area contributed by atoms with Crippen molar-refractivity contribution in [2.24, 2.45) is 7.05 Å². The second-order valence-electron chi connectivity index (χ2n) is 4.05. The van der Waals surface area contributed by atoms with Crippen LogP contribution in [0, 0.1) is 15.9 Å². The van der Waals surface area contributed by atoms with Gasteiger partial charge in [0.15, 0.2) is 0 Å². The van der Waals surface area contributed by atoms with Crippen molar-refractivity contribution in [2.45, 2.75) is 6.42 Å². The van der Waals surface area contributed by atoms with E-state index < -0.39 is 4.92 Å². The first-order valence-corrected chi connectivity index (χ1v) is 5.72. The minimum Gasteiger partial charge on any atom is -0.364 e. The largest absolute Gasteiger partial charge is 0.406 e. The maximum Gasteiger partial charge on any atom is 0.406 e. The molecule has 0 aliphatic rings. The molecule has 1 aromatic carbocycles. The van der Waals surface area contributed by atoms with Gasteiger partial charge in [0.1, 0.15) is 5.82 Å². The van der Waals surface area contributed by atoms with Gasteiger partial charge in [-0.05, 0) is 28.0 Å². The quantitative estimate of drug-likeness (QED) is 0.663. The predicted molar refractivity (Wildman–Crippen MR) is 68.5 cm³/mol. The summed E-state index contributed by atoms with van der Waals surface area (Å²) in [6.07, 6.45) is 1.80. The molecule has 0 unspecified atom stereocenters. The zero-order chi connectivity index (χ0) is 13.8. The number of aromatic nitrogens is 2. The topological polar surface area (TPSA) is 73.0 Å². The highest BCUT2D eigenvalue weighted by Crippen LogP contribution is 2.20. The third kappa shape index (κ3) is 2.87. The molecule has 1 N–H and O–H groups in total. The van der Waals surface area contributed by atoms with Crippen molar-refractivity contribution in [1.29, 1.82) is 0 Å². The van der Waals surface area contributed by atoms with Gasteiger partial charge in [0.25, 0.3) is 0 Å². The molecule has 19 heavy (non-hydrogen) atoms. The lowest BCUT2D eigenvalue weighted by Gasteiger charge is -2.06. The van der Waals surface area contributed by atoms with Gasteiger partial charge in [-0.2, -0.15) is 0 Å². The molecular formula is C12H13FN4O2. The zero-order valence-corrected chi connectivity index (χ0v) is 10.3. The van der Waals surface area contributed by atoms with Crippen LogP contribution in [0.3, 0.4) is 0 Å². The Morgan fingerprint density at radius 3 is 2.89 bits per heavy atom. The molecule has 0 fully saturated rings. The van der Waals surface area contributed by atoms with E-state index in [-0.39, 0.29) is 11.6 Å². The standard InChI is InChI=1S/C12H13FN4O2/c1-16-8-15-12(17(18)19)11(16)14-7-6-9-4-2-3-5-10(9)13/h2-5,8,14H,6-7H2,1H3. The zero-order valence-electron chi connectivity index (χ0n) is 10.3. The number of rotatable bonds is 5. The molecular weight excluding hydrogens is 251 g/mol. The normalized spacial score (nSPS) is 10.4. The van der Waals surface area contributed by atoms with Crippen LogP contribution < -0.4 is 5.32 Å². The Morgan fingerprint density at radius 2 is 2.21 bits per heavy atom. The van der Waals surface area contributed by atoms with Gasteiger partial charge in [0.2, 0.25) is 12.1 Å². The van der Waals surface area contributed by atoms with Gasteiger partial charge >= 0.3 is 5.82 Å². The summed E-state index contributed by atoms with van der Waals surface area (Å²) in [6, 6.07) is 6.46. The first kappa shape index (κ1) is 13.0. The number of halogens is 1. The van der Waals surface area contributed by atoms with Crippen LogP contribution in [-0.4, -0.2) is 21.0 Å². The van der Waals surface area contributed by atoms with Gasteiger partial charge in [-0.25, -0.2) is 4.39 Å². The fourth-order valence-corrected chi connectivity index (χ4v) is 1.77. The molecule has 0 radical (unpaired) electrons. The number of nitrogens with zero attached hydrogens (tertiary/aromatic N) is 3. The molecule has 0 bridgehead atoms. The van der Waals surface area contributed by atoms with E-state index in [0.717, 1.165) is 0 Å². The number of benzene rings is 1. The molecule has 100 valence electrons. The van der Waals surface area contributed by atoms with E-state index in [1.165, 1.54) is 17.0 Å². The molecule has 2 aromatic rings. The number of imidazole rings is 1. The average Bonchev–Trinajstić information content (AvgIpc) is 2.74. The predicted octanol–water partition coefficient (Wildman–Crippen LogP) is 2.12. The lowest BCUT2D eigenvalue weighted by Crippen LogP contribution is -2.10. The van der Waals surface area contributed by atoms with Crippen LogP contribution in [0.15, 0.2) is 30.6 Å². The summed E-state index contributed by atoms with van der Waals surface area (Å²) in [7, 11) is 1.66. The first-order chi connectivity index (χ1) is 9.09. The summed E-state index contributed by atoms with van der Waals surface area (Å²) in [4.78, 5) is 13.9. The monoisotopic (exact) mass is 264 g/mol. The summed E-state index contributed by atoms with van der Waals surface area (Å²) in [5.74, 6) is -0.179. The van der Waals surface area contributed by atoms with Crippen molar-refractivity contribution < 1.29 is 9.31 Å². The summed E-state index contributed by atoms with van der Waals surface area (Å²) >= 11 is 0. The lowest BCUT2D eigenvalue weighted by molar-refractivity contribution is -0.388. The van der Waals surface area contributed by atoms with E-state index in [0.29, 0.717) is 24.3 Å². The first-order valence-electron chi connectivity index (χ1n) is 5.72. The van der Waals surface area contributed by atoms with Crippen molar-refractivity contribution in [3.8, 4) is 0 Å². The third-order valence-electron chi connectivity index (χ3n) is 2.74. The smallest absolute Gasteiger partial charge is 0.364 e.